The molecule has 21 nitrogen and oxygen atoms in total. The van der Waals surface area contributed by atoms with Gasteiger partial charge in [0.25, 0.3) is 22.5 Å². The van der Waals surface area contributed by atoms with E-state index in [1.54, 1.807) is 47.7 Å². The Bertz CT molecular complexity index is 3120. The number of hydrogen-bond donors (Lipinski definition) is 6. The third-order valence-electron chi connectivity index (χ3n) is 12.9. The Hall–Kier alpha value is -8.49. The van der Waals surface area contributed by atoms with Crippen LogP contribution >= 0.6 is 0 Å². The number of aryl methyl sites for hydroxylation is 2. The maximum atomic E-state index is 13.6. The van der Waals surface area contributed by atoms with E-state index in [1.807, 2.05) is 24.3 Å². The normalized spacial score (nSPS) is 18.2. The van der Waals surface area contributed by atoms with Crippen molar-refractivity contribution in [3.8, 4) is 11.5 Å². The van der Waals surface area contributed by atoms with Crippen LogP contribution in [0.4, 0.5) is 39.2 Å². The van der Waals surface area contributed by atoms with E-state index in [-0.39, 0.29) is 57.7 Å². The molecular weight excluding hydrogens is 853 g/mol. The van der Waals surface area contributed by atoms with Gasteiger partial charge in [-0.3, -0.25) is 59.6 Å². The smallest absolute Gasteiger partial charge is 0.394 e. The number of nitrogens with zero attached hydrogens (tertiary/aromatic N) is 6. The molecule has 2 aliphatic rings. The van der Waals surface area contributed by atoms with E-state index in [4.69, 9.17) is 9.47 Å². The van der Waals surface area contributed by atoms with Gasteiger partial charge in [0, 0.05) is 96.2 Å². The first kappa shape index (κ1) is 41.5. The molecule has 0 bridgehead atoms. The predicted molar refractivity (Wildman–Crippen MR) is 242 cm³/mol. The van der Waals surface area contributed by atoms with Crippen LogP contribution in [0.2, 0.25) is 0 Å². The van der Waals surface area contributed by atoms with Gasteiger partial charge in [-0.15, -0.1) is 0 Å². The Morgan fingerprint density at radius 2 is 1.05 bits per heavy atom. The number of nitrogens with one attached hydrogen (secondary N) is 6. The Kier molecular flexibility index (Phi) is 10.4. The molecule has 0 aliphatic heterocycles. The van der Waals surface area contributed by atoms with Crippen molar-refractivity contribution in [3.63, 3.8) is 0 Å². The van der Waals surface area contributed by atoms with Gasteiger partial charge >= 0.3 is 6.16 Å². The van der Waals surface area contributed by atoms with E-state index in [9.17, 15) is 34.6 Å². The van der Waals surface area contributed by atoms with Crippen molar-refractivity contribution >= 4 is 62.3 Å². The molecule has 4 aromatic carbocycles. The zero-order valence-corrected chi connectivity index (χ0v) is 35.5. The lowest BCUT2D eigenvalue weighted by Gasteiger charge is -2.17. The number of nitro benzene ring substituents is 2. The minimum absolute atomic E-state index is 0.0187. The standard InChI is InChI=1S/C45H42N12O9/c1-54-37-17-27(7-11-31(37)43(58)52-54)46-41-21-35(48-50-41)25-5-3-23(15-25)33-19-29(56(61)62)9-13-39(33)65-45(60)66-40-14-10-30(57(63)64)20-34(40)24-4-6-26(16-24)36-22-42(51-49-36)47-28-8-12-32-38(18-28)55(2)53-44(32)59/h7-14,17-26H,3-6,15-16H2,1-2H3,(H,52,58)(H,53,59)(H2,46,48,50)(H2,47,49,51). The van der Waals surface area contributed by atoms with Crippen LogP contribution in [0.5, 0.6) is 11.5 Å². The minimum atomic E-state index is -1.09. The second kappa shape index (κ2) is 16.6. The number of anilines is 4. The largest absolute Gasteiger partial charge is 0.519 e. The number of carbonyl (C=O) groups is 1. The zero-order chi connectivity index (χ0) is 45.8. The molecule has 4 unspecified atom stereocenters. The molecule has 0 saturated heterocycles. The highest BCUT2D eigenvalue weighted by atomic mass is 16.7. The third kappa shape index (κ3) is 8.01. The molecule has 66 heavy (non-hydrogen) atoms. The zero-order valence-electron chi connectivity index (χ0n) is 35.5. The van der Waals surface area contributed by atoms with Crippen LogP contribution in [0, 0.1) is 20.2 Å². The van der Waals surface area contributed by atoms with Crippen molar-refractivity contribution in [1.29, 1.82) is 0 Å². The van der Waals surface area contributed by atoms with Gasteiger partial charge in [0.15, 0.2) is 11.6 Å². The van der Waals surface area contributed by atoms with Crippen molar-refractivity contribution in [3.05, 3.63) is 148 Å². The summed E-state index contributed by atoms with van der Waals surface area (Å²) in [5, 5.41) is 52.2. The Labute approximate surface area is 372 Å². The van der Waals surface area contributed by atoms with E-state index in [0.717, 1.165) is 46.6 Å². The van der Waals surface area contributed by atoms with E-state index >= 15 is 0 Å². The summed E-state index contributed by atoms with van der Waals surface area (Å²) in [6.45, 7) is 0. The van der Waals surface area contributed by atoms with Crippen molar-refractivity contribution < 1.29 is 24.1 Å². The van der Waals surface area contributed by atoms with Crippen LogP contribution < -0.4 is 31.2 Å². The van der Waals surface area contributed by atoms with Crippen LogP contribution in [-0.2, 0) is 14.1 Å². The summed E-state index contributed by atoms with van der Waals surface area (Å²) in [5.74, 6) is 1.00. The van der Waals surface area contributed by atoms with Crippen LogP contribution in [0.25, 0.3) is 21.8 Å². The number of hydrogen-bond acceptors (Lipinski definition) is 13. The summed E-state index contributed by atoms with van der Waals surface area (Å²) in [5.41, 5.74) is 5.03. The van der Waals surface area contributed by atoms with Gasteiger partial charge in [-0.05, 0) is 98.9 Å². The molecular formula is C45H42N12O9. The second-order valence-corrected chi connectivity index (χ2v) is 17.0. The summed E-state index contributed by atoms with van der Waals surface area (Å²) in [4.78, 5) is 60.7. The highest BCUT2D eigenvalue weighted by molar-refractivity contribution is 5.84. The van der Waals surface area contributed by atoms with Crippen LogP contribution in [-0.4, -0.2) is 56.0 Å². The summed E-state index contributed by atoms with van der Waals surface area (Å²) in [7, 11) is 3.52. The fraction of sp³-hybridized carbons (Fsp3) is 0.267. The van der Waals surface area contributed by atoms with Gasteiger partial charge in [0.1, 0.15) is 11.5 Å². The number of non-ortho nitro benzene ring substituents is 2. The lowest BCUT2D eigenvalue weighted by molar-refractivity contribution is -0.385. The van der Waals surface area contributed by atoms with E-state index in [0.29, 0.717) is 59.2 Å². The molecule has 8 aromatic rings. The first-order chi connectivity index (χ1) is 31.8. The highest BCUT2D eigenvalue weighted by Gasteiger charge is 2.34. The molecule has 10 rings (SSSR count). The van der Waals surface area contributed by atoms with Crippen LogP contribution in [0.1, 0.15) is 84.7 Å². The van der Waals surface area contributed by atoms with Gasteiger partial charge in [0.05, 0.1) is 31.7 Å². The molecule has 4 heterocycles. The van der Waals surface area contributed by atoms with E-state index < -0.39 is 16.0 Å². The number of carbonyl (C=O) groups excluding carboxylic acids is 1. The van der Waals surface area contributed by atoms with Gasteiger partial charge < -0.3 is 20.1 Å². The fourth-order valence-electron chi connectivity index (χ4n) is 9.63. The summed E-state index contributed by atoms with van der Waals surface area (Å²) in [6, 6.07) is 22.8. The maximum absolute atomic E-state index is 13.6. The lowest BCUT2D eigenvalue weighted by atomic mass is 9.94. The van der Waals surface area contributed by atoms with E-state index in [2.05, 4.69) is 41.2 Å². The number of ether oxygens (including phenoxy) is 2. The van der Waals surface area contributed by atoms with Gasteiger partial charge in [-0.1, -0.05) is 0 Å². The van der Waals surface area contributed by atoms with Crippen molar-refractivity contribution in [2.75, 3.05) is 10.6 Å². The number of H-pyrrole nitrogens is 4. The summed E-state index contributed by atoms with van der Waals surface area (Å²) < 4.78 is 14.9. The Morgan fingerprint density at radius 3 is 1.47 bits per heavy atom. The third-order valence-corrected chi connectivity index (χ3v) is 12.9. The highest BCUT2D eigenvalue weighted by Crippen LogP contribution is 2.49. The molecule has 0 amide bonds. The van der Waals surface area contributed by atoms with Gasteiger partial charge in [-0.2, -0.15) is 10.2 Å². The van der Waals surface area contributed by atoms with Crippen molar-refractivity contribution in [2.45, 2.75) is 62.2 Å². The number of nitro groups is 2. The molecule has 0 spiro atoms. The maximum Gasteiger partial charge on any atom is 0.519 e. The first-order valence-electron chi connectivity index (χ1n) is 21.3. The molecule has 2 fully saturated rings. The SMILES string of the molecule is Cn1[nH]c(=O)c2ccc(Nc3cc(C4CCC(c5cc([N+](=O)[O-])ccc5OC(=O)Oc5ccc([N+](=O)[O-])cc5C5CCC(c6cc(Nc7ccc8c(=O)[nH]n(C)c8c7)n[nH]6)C5)C4)[nH]n3)cc21. The molecule has 2 saturated carbocycles. The molecule has 21 heteroatoms. The quantitative estimate of drug-likeness (QED) is 0.0291. The molecule has 2 aliphatic carbocycles. The molecule has 0 radical (unpaired) electrons. The van der Waals surface area contributed by atoms with Gasteiger partial charge in [-0.25, -0.2) is 4.79 Å². The molecule has 336 valence electrons. The fourth-order valence-corrected chi connectivity index (χ4v) is 9.63. The average molecular weight is 895 g/mol. The average Bonchev–Trinajstić information content (AvgIpc) is 4.17. The topological polar surface area (TPSA) is 279 Å². The number of benzene rings is 4. The predicted octanol–water partition coefficient (Wildman–Crippen LogP) is 8.48. The lowest BCUT2D eigenvalue weighted by Crippen LogP contribution is -2.17. The molecule has 4 aromatic heterocycles. The Balaban J connectivity index is 0.822. The van der Waals surface area contributed by atoms with Crippen LogP contribution in [0.15, 0.2) is 94.5 Å². The van der Waals surface area contributed by atoms with Gasteiger partial charge in [0.2, 0.25) is 0 Å². The minimum Gasteiger partial charge on any atom is -0.394 e. The monoisotopic (exact) mass is 894 g/mol. The van der Waals surface area contributed by atoms with Crippen LogP contribution in [0.3, 0.4) is 0 Å². The number of aromatic amines is 4. The second-order valence-electron chi connectivity index (χ2n) is 17.0. The summed E-state index contributed by atoms with van der Waals surface area (Å²) >= 11 is 0. The van der Waals surface area contributed by atoms with Crippen molar-refractivity contribution in [2.24, 2.45) is 14.1 Å². The van der Waals surface area contributed by atoms with E-state index in [1.165, 1.54) is 36.4 Å². The number of aromatic nitrogens is 8. The Morgan fingerprint density at radius 1 is 0.621 bits per heavy atom. The number of fused-ring (bicyclic) bond motifs is 2. The first-order valence-corrected chi connectivity index (χ1v) is 21.3. The summed E-state index contributed by atoms with van der Waals surface area (Å²) in [6.07, 6.45) is 2.83. The molecule has 6 N–H and O–H groups in total. The molecule has 4 atom stereocenters. The number of rotatable bonds is 12. The van der Waals surface area contributed by atoms with Crippen molar-refractivity contribution in [1.82, 2.24) is 40.0 Å².